The Hall–Kier alpha value is -1.58. The number of nitrogens with zero attached hydrogens (tertiary/aromatic N) is 1. The van der Waals surface area contributed by atoms with E-state index in [2.05, 4.69) is 0 Å². The Morgan fingerprint density at radius 2 is 2.18 bits per heavy atom. The summed E-state index contributed by atoms with van der Waals surface area (Å²) in [4.78, 5) is 25.0. The molecule has 0 bridgehead atoms. The molecule has 2 amide bonds. The lowest BCUT2D eigenvalue weighted by Gasteiger charge is -2.23. The van der Waals surface area contributed by atoms with Gasteiger partial charge in [-0.25, -0.2) is 9.69 Å². The van der Waals surface area contributed by atoms with Crippen molar-refractivity contribution in [2.24, 2.45) is 5.92 Å². The predicted octanol–water partition coefficient (Wildman–Crippen LogP) is 2.27. The molecule has 4 nitrogen and oxygen atoms in total. The monoisotopic (exact) mass is 235 g/mol. The molecule has 92 valence electrons. The summed E-state index contributed by atoms with van der Waals surface area (Å²) in [6, 6.07) is 0. The molecule has 2 aliphatic rings. The van der Waals surface area contributed by atoms with Gasteiger partial charge in [0.15, 0.2) is 0 Å². The third kappa shape index (κ3) is 2.40. The maximum Gasteiger partial charge on any atom is 0.417 e. The van der Waals surface area contributed by atoms with Crippen LogP contribution in [0.3, 0.4) is 0 Å². The molecule has 0 radical (unpaired) electrons. The van der Waals surface area contributed by atoms with Gasteiger partial charge in [-0.2, -0.15) is 0 Å². The van der Waals surface area contributed by atoms with Gasteiger partial charge in [0, 0.05) is 18.0 Å². The average Bonchev–Trinajstić information content (AvgIpc) is 2.55. The van der Waals surface area contributed by atoms with E-state index in [1.165, 1.54) is 4.90 Å². The van der Waals surface area contributed by atoms with Crippen LogP contribution in [0.25, 0.3) is 0 Å². The topological polar surface area (TPSA) is 46.6 Å². The molecule has 0 aromatic carbocycles. The summed E-state index contributed by atoms with van der Waals surface area (Å²) in [5, 5.41) is 0. The zero-order chi connectivity index (χ0) is 12.6. The molecule has 0 spiro atoms. The maximum atomic E-state index is 12.0. The van der Waals surface area contributed by atoms with Crippen molar-refractivity contribution in [2.45, 2.75) is 32.8 Å². The van der Waals surface area contributed by atoms with Crippen LogP contribution in [0, 0.1) is 5.92 Å². The SMILES string of the molecule is CC(C)(C)OC(=O)N1CC2CC=CC=C2C1=O. The van der Waals surface area contributed by atoms with Gasteiger partial charge in [0.2, 0.25) is 0 Å². The van der Waals surface area contributed by atoms with E-state index in [0.717, 1.165) is 12.0 Å². The van der Waals surface area contributed by atoms with Crippen molar-refractivity contribution in [2.75, 3.05) is 6.54 Å². The first-order chi connectivity index (χ1) is 7.88. The summed E-state index contributed by atoms with van der Waals surface area (Å²) in [6.07, 6.45) is 5.94. The summed E-state index contributed by atoms with van der Waals surface area (Å²) in [6.45, 7) is 5.81. The lowest BCUT2D eigenvalue weighted by atomic mass is 9.95. The Balaban J connectivity index is 2.10. The summed E-state index contributed by atoms with van der Waals surface area (Å²) < 4.78 is 5.22. The number of hydrogen-bond acceptors (Lipinski definition) is 3. The van der Waals surface area contributed by atoms with Crippen molar-refractivity contribution in [1.29, 1.82) is 0 Å². The molecule has 2 rings (SSSR count). The van der Waals surface area contributed by atoms with Gasteiger partial charge in [-0.15, -0.1) is 0 Å². The molecule has 0 saturated carbocycles. The van der Waals surface area contributed by atoms with Crippen LogP contribution in [0.2, 0.25) is 0 Å². The number of likely N-dealkylation sites (tertiary alicyclic amines) is 1. The van der Waals surface area contributed by atoms with Crippen LogP contribution in [0.15, 0.2) is 23.8 Å². The van der Waals surface area contributed by atoms with E-state index in [4.69, 9.17) is 4.74 Å². The van der Waals surface area contributed by atoms with Gasteiger partial charge in [-0.05, 0) is 27.2 Å². The third-order valence-electron chi connectivity index (χ3n) is 2.78. The van der Waals surface area contributed by atoms with E-state index in [0.29, 0.717) is 6.54 Å². The van der Waals surface area contributed by atoms with Crippen molar-refractivity contribution in [1.82, 2.24) is 4.90 Å². The molecule has 4 heteroatoms. The highest BCUT2D eigenvalue weighted by atomic mass is 16.6. The van der Waals surface area contributed by atoms with E-state index in [-0.39, 0.29) is 11.8 Å². The number of carbonyl (C=O) groups is 2. The largest absolute Gasteiger partial charge is 0.443 e. The molecule has 1 unspecified atom stereocenters. The normalized spacial score (nSPS) is 23.5. The first-order valence-corrected chi connectivity index (χ1v) is 5.80. The Morgan fingerprint density at radius 1 is 1.47 bits per heavy atom. The highest BCUT2D eigenvalue weighted by Gasteiger charge is 2.40. The Bertz CT molecular complexity index is 415. The number of hydrogen-bond donors (Lipinski definition) is 0. The molecule has 1 aliphatic heterocycles. The number of carbonyl (C=O) groups excluding carboxylic acids is 2. The number of imide groups is 1. The van der Waals surface area contributed by atoms with Crippen LogP contribution in [0.5, 0.6) is 0 Å². The second-order valence-corrected chi connectivity index (χ2v) is 5.38. The minimum atomic E-state index is -0.572. The van der Waals surface area contributed by atoms with Crippen molar-refractivity contribution in [3.63, 3.8) is 0 Å². The minimum Gasteiger partial charge on any atom is -0.443 e. The molecular weight excluding hydrogens is 218 g/mol. The first-order valence-electron chi connectivity index (χ1n) is 5.80. The number of allylic oxidation sites excluding steroid dienone is 3. The zero-order valence-electron chi connectivity index (χ0n) is 10.4. The van der Waals surface area contributed by atoms with Crippen LogP contribution in [-0.2, 0) is 9.53 Å². The van der Waals surface area contributed by atoms with Gasteiger partial charge >= 0.3 is 6.09 Å². The summed E-state index contributed by atoms with van der Waals surface area (Å²) in [5.41, 5.74) is 0.149. The molecule has 1 aliphatic carbocycles. The fourth-order valence-electron chi connectivity index (χ4n) is 2.03. The second-order valence-electron chi connectivity index (χ2n) is 5.38. The van der Waals surface area contributed by atoms with Crippen LogP contribution >= 0.6 is 0 Å². The highest BCUT2D eigenvalue weighted by molar-refractivity contribution is 6.05. The van der Waals surface area contributed by atoms with E-state index in [1.54, 1.807) is 26.8 Å². The fourth-order valence-corrected chi connectivity index (χ4v) is 2.03. The molecule has 0 aromatic rings. The second kappa shape index (κ2) is 4.02. The summed E-state index contributed by atoms with van der Waals surface area (Å²) >= 11 is 0. The highest BCUT2D eigenvalue weighted by Crippen LogP contribution is 2.30. The predicted molar refractivity (Wildman–Crippen MR) is 63.3 cm³/mol. The van der Waals surface area contributed by atoms with Crippen molar-refractivity contribution in [3.05, 3.63) is 23.8 Å². The maximum absolute atomic E-state index is 12.0. The Morgan fingerprint density at radius 3 is 2.76 bits per heavy atom. The fraction of sp³-hybridized carbons (Fsp3) is 0.538. The van der Waals surface area contributed by atoms with E-state index in [1.807, 2.05) is 12.2 Å². The molecule has 1 fully saturated rings. The molecule has 1 saturated heterocycles. The molecule has 1 atom stereocenters. The van der Waals surface area contributed by atoms with Crippen molar-refractivity contribution in [3.8, 4) is 0 Å². The van der Waals surface area contributed by atoms with Crippen LogP contribution in [-0.4, -0.2) is 29.0 Å². The quantitative estimate of drug-likeness (QED) is 0.647. The summed E-state index contributed by atoms with van der Waals surface area (Å²) in [7, 11) is 0. The smallest absolute Gasteiger partial charge is 0.417 e. The minimum absolute atomic E-state index is 0.139. The van der Waals surface area contributed by atoms with Gasteiger partial charge in [0.1, 0.15) is 5.60 Å². The van der Waals surface area contributed by atoms with Gasteiger partial charge in [-0.3, -0.25) is 4.79 Å². The number of rotatable bonds is 0. The molecular formula is C13H17NO3. The molecule has 0 aromatic heterocycles. The number of fused-ring (bicyclic) bond motifs is 1. The van der Waals surface area contributed by atoms with Crippen LogP contribution in [0.4, 0.5) is 4.79 Å². The van der Waals surface area contributed by atoms with Gasteiger partial charge < -0.3 is 4.74 Å². The van der Waals surface area contributed by atoms with Crippen molar-refractivity contribution >= 4 is 12.0 Å². The average molecular weight is 235 g/mol. The van der Waals surface area contributed by atoms with E-state index < -0.39 is 11.7 Å². The Labute approximate surface area is 101 Å². The van der Waals surface area contributed by atoms with Crippen molar-refractivity contribution < 1.29 is 14.3 Å². The van der Waals surface area contributed by atoms with Gasteiger partial charge in [0.25, 0.3) is 5.91 Å². The lowest BCUT2D eigenvalue weighted by molar-refractivity contribution is -0.124. The molecule has 1 heterocycles. The first kappa shape index (κ1) is 11.9. The Kier molecular flexibility index (Phi) is 2.81. The van der Waals surface area contributed by atoms with Gasteiger partial charge in [-0.1, -0.05) is 18.2 Å². The van der Waals surface area contributed by atoms with Crippen LogP contribution in [0.1, 0.15) is 27.2 Å². The third-order valence-corrected chi connectivity index (χ3v) is 2.78. The van der Waals surface area contributed by atoms with Gasteiger partial charge in [0.05, 0.1) is 0 Å². The van der Waals surface area contributed by atoms with E-state index >= 15 is 0 Å². The standard InChI is InChI=1S/C13H17NO3/c1-13(2,3)17-12(16)14-8-9-6-4-5-7-10(9)11(14)15/h4-5,7,9H,6,8H2,1-3H3. The molecule has 17 heavy (non-hydrogen) atoms. The number of amides is 2. The summed E-state index contributed by atoms with van der Waals surface area (Å²) in [5.74, 6) is -0.0754. The zero-order valence-corrected chi connectivity index (χ0v) is 10.4. The van der Waals surface area contributed by atoms with Crippen LogP contribution < -0.4 is 0 Å². The molecule has 0 N–H and O–H groups in total. The van der Waals surface area contributed by atoms with E-state index in [9.17, 15) is 9.59 Å². The lowest BCUT2D eigenvalue weighted by Crippen LogP contribution is -2.37. The number of ether oxygens (including phenoxy) is 1.